The van der Waals surface area contributed by atoms with Crippen LogP contribution in [0.2, 0.25) is 0 Å². The van der Waals surface area contributed by atoms with E-state index in [0.29, 0.717) is 30.0 Å². The molecule has 0 bridgehead atoms. The van der Waals surface area contributed by atoms with Gasteiger partial charge < -0.3 is 20.6 Å². The van der Waals surface area contributed by atoms with Crippen LogP contribution in [0.15, 0.2) is 17.1 Å². The number of benzene rings is 1. The minimum Gasteiger partial charge on any atom is -0.390 e. The highest BCUT2D eigenvalue weighted by Crippen LogP contribution is 2.36. The highest BCUT2D eigenvalue weighted by Gasteiger charge is 2.30. The smallest absolute Gasteiger partial charge is 0.253 e. The predicted octanol–water partition coefficient (Wildman–Crippen LogP) is 4.11. The number of carbonyl (C=O) groups excluding carboxylic acids is 1. The molecule has 29 heavy (non-hydrogen) atoms. The molecule has 2 fully saturated rings. The maximum absolute atomic E-state index is 13.1. The third-order valence-corrected chi connectivity index (χ3v) is 6.35. The lowest BCUT2D eigenvalue weighted by atomic mass is 9.89. The van der Waals surface area contributed by atoms with Crippen molar-refractivity contribution in [3.63, 3.8) is 0 Å². The average molecular weight is 401 g/mol. The summed E-state index contributed by atoms with van der Waals surface area (Å²) in [6.45, 7) is 10.6. The van der Waals surface area contributed by atoms with Crippen LogP contribution in [0, 0.1) is 5.92 Å². The fraction of sp³-hybridized carbons (Fsp3) is 0.652. The fourth-order valence-electron chi connectivity index (χ4n) is 4.44. The van der Waals surface area contributed by atoms with Crippen LogP contribution in [-0.2, 0) is 0 Å². The third kappa shape index (κ3) is 5.50. The lowest BCUT2D eigenvalue weighted by Crippen LogP contribution is -2.43. The molecule has 0 aromatic heterocycles. The zero-order valence-electron chi connectivity index (χ0n) is 18.0. The first-order chi connectivity index (χ1) is 13.9. The van der Waals surface area contributed by atoms with E-state index >= 15 is 0 Å². The second kappa shape index (κ2) is 9.61. The summed E-state index contributed by atoms with van der Waals surface area (Å²) >= 11 is 0. The largest absolute Gasteiger partial charge is 0.390 e. The molecule has 1 aliphatic heterocycles. The summed E-state index contributed by atoms with van der Waals surface area (Å²) < 4.78 is 0. The molecule has 6 nitrogen and oxygen atoms in total. The molecule has 2 aliphatic rings. The second-order valence-electron chi connectivity index (χ2n) is 8.77. The summed E-state index contributed by atoms with van der Waals surface area (Å²) in [5.74, 6) is 0.537. The fourth-order valence-corrected chi connectivity index (χ4v) is 4.44. The molecule has 1 saturated heterocycles. The Bertz CT molecular complexity index is 716. The number of nitrogens with zero attached hydrogens (tertiary/aromatic N) is 2. The lowest BCUT2D eigenvalue weighted by Gasteiger charge is -2.38. The molecule has 1 saturated carbocycles. The number of amides is 1. The molecule has 6 heteroatoms. The first-order valence-electron chi connectivity index (χ1n) is 11.1. The molecule has 0 spiro atoms. The van der Waals surface area contributed by atoms with Gasteiger partial charge in [-0.1, -0.05) is 19.3 Å². The normalized spacial score (nSPS) is 19.6. The van der Waals surface area contributed by atoms with Crippen LogP contribution in [0.3, 0.4) is 0 Å². The van der Waals surface area contributed by atoms with Gasteiger partial charge in [-0.2, -0.15) is 0 Å². The highest BCUT2D eigenvalue weighted by atomic mass is 16.3. The zero-order chi connectivity index (χ0) is 20.9. The van der Waals surface area contributed by atoms with Crippen molar-refractivity contribution < 1.29 is 9.90 Å². The molecule has 160 valence electrons. The molecule has 1 aromatic rings. The Morgan fingerprint density at radius 3 is 2.59 bits per heavy atom. The number of aliphatic hydroxyl groups is 1. The number of aliphatic imine (C=N–C) groups is 1. The summed E-state index contributed by atoms with van der Waals surface area (Å²) in [6, 6.07) is 3.87. The maximum Gasteiger partial charge on any atom is 0.253 e. The van der Waals surface area contributed by atoms with Gasteiger partial charge in [-0.3, -0.25) is 9.79 Å². The summed E-state index contributed by atoms with van der Waals surface area (Å²) in [5.41, 5.74) is 2.50. The Balaban J connectivity index is 1.84. The van der Waals surface area contributed by atoms with E-state index in [2.05, 4.69) is 27.2 Å². The van der Waals surface area contributed by atoms with E-state index in [1.54, 1.807) is 0 Å². The number of rotatable bonds is 7. The molecule has 3 rings (SSSR count). The van der Waals surface area contributed by atoms with Crippen molar-refractivity contribution in [3.8, 4) is 0 Å². The molecular formula is C23H36N4O2. The van der Waals surface area contributed by atoms with Crippen molar-refractivity contribution in [2.45, 2.75) is 64.4 Å². The number of hydrogen-bond acceptors (Lipinski definition) is 5. The van der Waals surface area contributed by atoms with Crippen LogP contribution in [0.4, 0.5) is 17.1 Å². The van der Waals surface area contributed by atoms with Gasteiger partial charge in [-0.05, 0) is 64.3 Å². The number of anilines is 2. The number of nitrogens with one attached hydrogen (secondary N) is 2. The second-order valence-corrected chi connectivity index (χ2v) is 8.77. The minimum absolute atomic E-state index is 0.0455. The average Bonchev–Trinajstić information content (AvgIpc) is 2.73. The Morgan fingerprint density at radius 1 is 1.28 bits per heavy atom. The van der Waals surface area contributed by atoms with E-state index in [1.807, 2.05) is 26.0 Å². The molecule has 1 aromatic carbocycles. The van der Waals surface area contributed by atoms with Gasteiger partial charge >= 0.3 is 0 Å². The van der Waals surface area contributed by atoms with Crippen LogP contribution in [0.1, 0.15) is 69.2 Å². The standard InChI is InChI=1S/C23H36N4O2/c1-4-25-20-15-21(27-12-10-23(2,29)11-13-27)18(14-19(20)24-3)22(28)26-16-17-8-6-5-7-9-17/h14-15,17,25,29H,3-13,16H2,1-2H3,(H,26,28). The van der Waals surface area contributed by atoms with E-state index in [-0.39, 0.29) is 5.91 Å². The monoisotopic (exact) mass is 400 g/mol. The number of piperidine rings is 1. The molecular weight excluding hydrogens is 364 g/mol. The van der Waals surface area contributed by atoms with E-state index < -0.39 is 5.60 Å². The van der Waals surface area contributed by atoms with Gasteiger partial charge in [-0.25, -0.2) is 0 Å². The van der Waals surface area contributed by atoms with Crippen molar-refractivity contribution in [1.82, 2.24) is 5.32 Å². The van der Waals surface area contributed by atoms with Crippen LogP contribution >= 0.6 is 0 Å². The molecule has 1 heterocycles. The Hall–Kier alpha value is -2.08. The summed E-state index contributed by atoms with van der Waals surface area (Å²) in [5, 5.41) is 16.8. The summed E-state index contributed by atoms with van der Waals surface area (Å²) in [7, 11) is 0. The summed E-state index contributed by atoms with van der Waals surface area (Å²) in [4.78, 5) is 19.5. The molecule has 3 N–H and O–H groups in total. The molecule has 1 amide bonds. The Labute approximate surface area is 174 Å². The minimum atomic E-state index is -0.632. The molecule has 1 aliphatic carbocycles. The molecule has 0 atom stereocenters. The summed E-state index contributed by atoms with van der Waals surface area (Å²) in [6.07, 6.45) is 7.62. The first-order valence-corrected chi connectivity index (χ1v) is 11.1. The maximum atomic E-state index is 13.1. The van der Waals surface area contributed by atoms with Crippen molar-refractivity contribution in [1.29, 1.82) is 0 Å². The van der Waals surface area contributed by atoms with Crippen LogP contribution in [-0.4, -0.2) is 49.5 Å². The van der Waals surface area contributed by atoms with Gasteiger partial charge in [0.1, 0.15) is 0 Å². The van der Waals surface area contributed by atoms with Gasteiger partial charge in [0.2, 0.25) is 0 Å². The van der Waals surface area contributed by atoms with Crippen molar-refractivity contribution in [2.75, 3.05) is 36.4 Å². The van der Waals surface area contributed by atoms with E-state index in [9.17, 15) is 9.90 Å². The predicted molar refractivity (Wildman–Crippen MR) is 121 cm³/mol. The van der Waals surface area contributed by atoms with Gasteiger partial charge in [-0.15, -0.1) is 0 Å². The third-order valence-electron chi connectivity index (χ3n) is 6.35. The quantitative estimate of drug-likeness (QED) is 0.602. The van der Waals surface area contributed by atoms with Crippen LogP contribution in [0.25, 0.3) is 0 Å². The van der Waals surface area contributed by atoms with Crippen LogP contribution in [0.5, 0.6) is 0 Å². The number of carbonyl (C=O) groups is 1. The molecule has 0 radical (unpaired) electrons. The van der Waals surface area contributed by atoms with Crippen molar-refractivity contribution in [2.24, 2.45) is 10.9 Å². The Kier molecular flexibility index (Phi) is 7.17. The Morgan fingerprint density at radius 2 is 1.97 bits per heavy atom. The first kappa shape index (κ1) is 21.6. The van der Waals surface area contributed by atoms with E-state index in [4.69, 9.17) is 0 Å². The van der Waals surface area contributed by atoms with Gasteiger partial charge in [0, 0.05) is 26.2 Å². The molecule has 0 unspecified atom stereocenters. The number of hydrogen-bond donors (Lipinski definition) is 3. The lowest BCUT2D eigenvalue weighted by molar-refractivity contribution is 0.0351. The zero-order valence-corrected chi connectivity index (χ0v) is 18.0. The van der Waals surface area contributed by atoms with Gasteiger partial charge in [0.15, 0.2) is 0 Å². The van der Waals surface area contributed by atoms with E-state index in [1.165, 1.54) is 32.1 Å². The van der Waals surface area contributed by atoms with Crippen molar-refractivity contribution >= 4 is 29.7 Å². The SMILES string of the molecule is C=Nc1cc(C(=O)NCC2CCCCC2)c(N2CCC(C)(O)CC2)cc1NCC. The van der Waals surface area contributed by atoms with E-state index in [0.717, 1.165) is 37.6 Å². The topological polar surface area (TPSA) is 77.0 Å². The van der Waals surface area contributed by atoms with Gasteiger partial charge in [0.05, 0.1) is 28.2 Å². The highest BCUT2D eigenvalue weighted by molar-refractivity contribution is 6.02. The van der Waals surface area contributed by atoms with Gasteiger partial charge in [0.25, 0.3) is 5.91 Å². The van der Waals surface area contributed by atoms with Crippen LogP contribution < -0.4 is 15.5 Å². The van der Waals surface area contributed by atoms with Crippen molar-refractivity contribution in [3.05, 3.63) is 17.7 Å².